The first kappa shape index (κ1) is 12.2. The zero-order chi connectivity index (χ0) is 12.3. The molecule has 1 aromatic heterocycles. The first-order valence-electron chi connectivity index (χ1n) is 5.26. The predicted molar refractivity (Wildman–Crippen MR) is 70.0 cm³/mol. The number of hydrogen-bond donors (Lipinski definition) is 3. The quantitative estimate of drug-likeness (QED) is 0.562. The average molecular weight is 250 g/mol. The standard InChI is InChI=1S/C12H14N2O2S/c13-11-1-2-12(17-7-8(16)6-15)9-3-4-14-5-10(9)11/h1-5,8,15-16H,6-7,13H2. The Labute approximate surface area is 103 Å². The highest BCUT2D eigenvalue weighted by Gasteiger charge is 2.07. The Morgan fingerprint density at radius 1 is 1.29 bits per heavy atom. The van der Waals surface area contributed by atoms with Gasteiger partial charge in [-0.15, -0.1) is 11.8 Å². The van der Waals surface area contributed by atoms with E-state index in [0.717, 1.165) is 15.7 Å². The average Bonchev–Trinajstić information content (AvgIpc) is 2.38. The smallest absolute Gasteiger partial charge is 0.0864 e. The van der Waals surface area contributed by atoms with Gasteiger partial charge < -0.3 is 15.9 Å². The van der Waals surface area contributed by atoms with Crippen LogP contribution in [0.5, 0.6) is 0 Å². The van der Waals surface area contributed by atoms with Crippen molar-refractivity contribution in [2.75, 3.05) is 18.1 Å². The minimum absolute atomic E-state index is 0.221. The van der Waals surface area contributed by atoms with Crippen LogP contribution in [0.3, 0.4) is 0 Å². The Morgan fingerprint density at radius 2 is 2.12 bits per heavy atom. The molecule has 4 N–H and O–H groups in total. The van der Waals surface area contributed by atoms with E-state index in [1.54, 1.807) is 12.4 Å². The summed E-state index contributed by atoms with van der Waals surface area (Å²) in [6, 6.07) is 5.66. The Morgan fingerprint density at radius 3 is 2.88 bits per heavy atom. The summed E-state index contributed by atoms with van der Waals surface area (Å²) in [5.74, 6) is 0.456. The van der Waals surface area contributed by atoms with Crippen LogP contribution in [0.15, 0.2) is 35.5 Å². The predicted octanol–water partition coefficient (Wildman–Crippen LogP) is 1.26. The molecule has 0 aliphatic carbocycles. The number of thioether (sulfide) groups is 1. The highest BCUT2D eigenvalue weighted by atomic mass is 32.2. The Hall–Kier alpha value is -1.30. The van der Waals surface area contributed by atoms with Crippen molar-refractivity contribution in [2.45, 2.75) is 11.0 Å². The second-order valence-electron chi connectivity index (χ2n) is 3.72. The molecular formula is C12H14N2O2S. The fraction of sp³-hybridized carbons (Fsp3) is 0.250. The lowest BCUT2D eigenvalue weighted by molar-refractivity contribution is 0.113. The highest BCUT2D eigenvalue weighted by Crippen LogP contribution is 2.31. The maximum absolute atomic E-state index is 9.34. The molecule has 5 heteroatoms. The summed E-state index contributed by atoms with van der Waals surface area (Å²) in [5, 5.41) is 20.1. The molecule has 1 atom stereocenters. The van der Waals surface area contributed by atoms with Gasteiger partial charge in [-0.2, -0.15) is 0 Å². The largest absolute Gasteiger partial charge is 0.398 e. The molecule has 0 amide bonds. The van der Waals surface area contributed by atoms with E-state index in [4.69, 9.17) is 10.8 Å². The lowest BCUT2D eigenvalue weighted by atomic mass is 10.1. The lowest BCUT2D eigenvalue weighted by Gasteiger charge is -2.10. The number of nitrogens with zero attached hydrogens (tertiary/aromatic N) is 1. The number of benzene rings is 1. The molecule has 0 aliphatic heterocycles. The minimum atomic E-state index is -0.700. The summed E-state index contributed by atoms with van der Waals surface area (Å²) in [4.78, 5) is 5.08. The van der Waals surface area contributed by atoms with Crippen LogP contribution in [0.2, 0.25) is 0 Å². The van der Waals surface area contributed by atoms with Crippen LogP contribution in [-0.2, 0) is 0 Å². The number of rotatable bonds is 4. The zero-order valence-electron chi connectivity index (χ0n) is 9.21. The number of fused-ring (bicyclic) bond motifs is 1. The van der Waals surface area contributed by atoms with Crippen LogP contribution in [-0.4, -0.2) is 33.7 Å². The Bertz CT molecular complexity index is 519. The van der Waals surface area contributed by atoms with Crippen LogP contribution < -0.4 is 5.73 Å². The number of aliphatic hydroxyl groups is 2. The van der Waals surface area contributed by atoms with Gasteiger partial charge in [-0.05, 0) is 18.2 Å². The maximum Gasteiger partial charge on any atom is 0.0864 e. The summed E-state index contributed by atoms with van der Waals surface area (Å²) in [5.41, 5.74) is 6.56. The fourth-order valence-electron chi connectivity index (χ4n) is 1.55. The molecule has 90 valence electrons. The van der Waals surface area contributed by atoms with Gasteiger partial charge in [-0.3, -0.25) is 4.98 Å². The number of aliphatic hydroxyl groups excluding tert-OH is 2. The second-order valence-corrected chi connectivity index (χ2v) is 4.78. The number of pyridine rings is 1. The summed E-state index contributed by atoms with van der Waals surface area (Å²) in [6.45, 7) is -0.221. The topological polar surface area (TPSA) is 79.4 Å². The molecule has 17 heavy (non-hydrogen) atoms. The third-order valence-electron chi connectivity index (χ3n) is 2.45. The van der Waals surface area contributed by atoms with Crippen LogP contribution in [0.1, 0.15) is 0 Å². The molecular weight excluding hydrogens is 236 g/mol. The van der Waals surface area contributed by atoms with Crippen LogP contribution in [0.25, 0.3) is 10.8 Å². The summed E-state index contributed by atoms with van der Waals surface area (Å²) < 4.78 is 0. The Kier molecular flexibility index (Phi) is 3.83. The van der Waals surface area contributed by atoms with E-state index in [0.29, 0.717) is 11.4 Å². The van der Waals surface area contributed by atoms with Crippen molar-refractivity contribution >= 4 is 28.2 Å². The summed E-state index contributed by atoms with van der Waals surface area (Å²) in [7, 11) is 0. The number of nitrogen functional groups attached to an aromatic ring is 1. The van der Waals surface area contributed by atoms with Gasteiger partial charge in [0.15, 0.2) is 0 Å². The van der Waals surface area contributed by atoms with Gasteiger partial charge >= 0.3 is 0 Å². The molecule has 0 saturated heterocycles. The van der Waals surface area contributed by atoms with Crippen molar-refractivity contribution in [3.05, 3.63) is 30.6 Å². The van der Waals surface area contributed by atoms with E-state index in [1.165, 1.54) is 11.8 Å². The van der Waals surface area contributed by atoms with E-state index < -0.39 is 6.10 Å². The van der Waals surface area contributed by atoms with E-state index in [9.17, 15) is 5.11 Å². The van der Waals surface area contributed by atoms with E-state index in [1.807, 2.05) is 18.2 Å². The van der Waals surface area contributed by atoms with Crippen molar-refractivity contribution in [2.24, 2.45) is 0 Å². The summed E-state index contributed by atoms with van der Waals surface area (Å²) in [6.07, 6.45) is 2.75. The molecule has 0 bridgehead atoms. The highest BCUT2D eigenvalue weighted by molar-refractivity contribution is 7.99. The normalized spacial score (nSPS) is 12.8. The lowest BCUT2D eigenvalue weighted by Crippen LogP contribution is -2.14. The van der Waals surface area contributed by atoms with Gasteiger partial charge in [0, 0.05) is 39.5 Å². The molecule has 2 aromatic rings. The maximum atomic E-state index is 9.34. The molecule has 1 aromatic carbocycles. The molecule has 1 heterocycles. The number of hydrogen-bond acceptors (Lipinski definition) is 5. The van der Waals surface area contributed by atoms with Gasteiger partial charge in [0.05, 0.1) is 12.7 Å². The SMILES string of the molecule is Nc1ccc(SCC(O)CO)c2ccncc12. The van der Waals surface area contributed by atoms with Gasteiger partial charge in [0.1, 0.15) is 0 Å². The fourth-order valence-corrected chi connectivity index (χ4v) is 2.52. The van der Waals surface area contributed by atoms with Crippen molar-refractivity contribution in [3.8, 4) is 0 Å². The zero-order valence-corrected chi connectivity index (χ0v) is 10.0. The van der Waals surface area contributed by atoms with Crippen LogP contribution in [0, 0.1) is 0 Å². The van der Waals surface area contributed by atoms with Crippen LogP contribution in [0.4, 0.5) is 5.69 Å². The Balaban J connectivity index is 2.32. The molecule has 4 nitrogen and oxygen atoms in total. The molecule has 1 unspecified atom stereocenters. The monoisotopic (exact) mass is 250 g/mol. The van der Waals surface area contributed by atoms with E-state index >= 15 is 0 Å². The minimum Gasteiger partial charge on any atom is -0.398 e. The molecule has 0 aliphatic rings. The van der Waals surface area contributed by atoms with Gasteiger partial charge in [0.25, 0.3) is 0 Å². The molecule has 0 fully saturated rings. The number of anilines is 1. The molecule has 0 spiro atoms. The third kappa shape index (κ3) is 2.69. The number of nitrogens with two attached hydrogens (primary N) is 1. The molecule has 0 saturated carbocycles. The van der Waals surface area contributed by atoms with Gasteiger partial charge in [-0.25, -0.2) is 0 Å². The van der Waals surface area contributed by atoms with Crippen molar-refractivity contribution < 1.29 is 10.2 Å². The third-order valence-corrected chi connectivity index (χ3v) is 3.67. The number of aromatic nitrogens is 1. The van der Waals surface area contributed by atoms with Crippen molar-refractivity contribution in [3.63, 3.8) is 0 Å². The first-order chi connectivity index (χ1) is 8.22. The first-order valence-corrected chi connectivity index (χ1v) is 6.25. The van der Waals surface area contributed by atoms with Gasteiger partial charge in [0.2, 0.25) is 0 Å². The van der Waals surface area contributed by atoms with E-state index in [-0.39, 0.29) is 6.61 Å². The van der Waals surface area contributed by atoms with Crippen LogP contribution >= 0.6 is 11.8 Å². The van der Waals surface area contributed by atoms with Crippen molar-refractivity contribution in [1.82, 2.24) is 4.98 Å². The molecule has 0 radical (unpaired) electrons. The molecule has 2 rings (SSSR count). The second kappa shape index (κ2) is 5.35. The van der Waals surface area contributed by atoms with E-state index in [2.05, 4.69) is 4.98 Å². The van der Waals surface area contributed by atoms with Crippen molar-refractivity contribution in [1.29, 1.82) is 0 Å². The summed E-state index contributed by atoms with van der Waals surface area (Å²) >= 11 is 1.50. The van der Waals surface area contributed by atoms with Gasteiger partial charge in [-0.1, -0.05) is 0 Å².